The molecule has 1 aliphatic heterocycles. The van der Waals surface area contributed by atoms with Crippen LogP contribution in [0.2, 0.25) is 0 Å². The van der Waals surface area contributed by atoms with Crippen molar-refractivity contribution in [3.05, 3.63) is 100 Å². The number of hydrogen-bond acceptors (Lipinski definition) is 7. The van der Waals surface area contributed by atoms with E-state index in [4.69, 9.17) is 4.74 Å². The Labute approximate surface area is 205 Å². The molecule has 3 heterocycles. The zero-order valence-corrected chi connectivity index (χ0v) is 19.5. The molecule has 35 heavy (non-hydrogen) atoms. The minimum atomic E-state index is -0.421. The van der Waals surface area contributed by atoms with E-state index in [-0.39, 0.29) is 30.5 Å². The second-order valence-corrected chi connectivity index (χ2v) is 8.70. The molecule has 0 fully saturated rings. The van der Waals surface area contributed by atoms with E-state index in [1.54, 1.807) is 43.6 Å². The van der Waals surface area contributed by atoms with Crippen LogP contribution in [0.3, 0.4) is 0 Å². The summed E-state index contributed by atoms with van der Waals surface area (Å²) >= 11 is 1.45. The molecular formula is C26H20N4O4S. The molecule has 0 radical (unpaired) electrons. The molecule has 2 aromatic carbocycles. The summed E-state index contributed by atoms with van der Waals surface area (Å²) in [6.45, 7) is 0.371. The summed E-state index contributed by atoms with van der Waals surface area (Å²) < 4.78 is 5.15. The van der Waals surface area contributed by atoms with E-state index in [9.17, 15) is 14.4 Å². The third kappa shape index (κ3) is 4.53. The minimum Gasteiger partial charge on any atom is -0.497 e. The van der Waals surface area contributed by atoms with Gasteiger partial charge in [-0.3, -0.25) is 24.3 Å². The molecule has 3 amide bonds. The second-order valence-electron chi connectivity index (χ2n) is 7.85. The van der Waals surface area contributed by atoms with Crippen LogP contribution >= 0.6 is 11.3 Å². The number of pyridine rings is 1. The van der Waals surface area contributed by atoms with Gasteiger partial charge in [-0.1, -0.05) is 18.2 Å². The zero-order valence-electron chi connectivity index (χ0n) is 18.7. The molecule has 5 rings (SSSR count). The van der Waals surface area contributed by atoms with Crippen molar-refractivity contribution in [2.24, 2.45) is 0 Å². The molecular weight excluding hydrogens is 464 g/mol. The van der Waals surface area contributed by atoms with Gasteiger partial charge in [-0.05, 0) is 48.0 Å². The SMILES string of the molecule is COc1ccc(CN2C(=O)c3ccc(C(=O)NCc4csc(-c5ccccn5)n4)cc3C2=O)cc1. The lowest BCUT2D eigenvalue weighted by molar-refractivity contribution is 0.0642. The van der Waals surface area contributed by atoms with E-state index in [0.29, 0.717) is 22.6 Å². The van der Waals surface area contributed by atoms with Gasteiger partial charge < -0.3 is 10.1 Å². The van der Waals surface area contributed by atoms with Crippen LogP contribution in [0.4, 0.5) is 0 Å². The number of thiazole rings is 1. The van der Waals surface area contributed by atoms with Gasteiger partial charge in [0.1, 0.15) is 10.8 Å². The van der Waals surface area contributed by atoms with Gasteiger partial charge in [0.15, 0.2) is 0 Å². The smallest absolute Gasteiger partial charge is 0.261 e. The molecule has 174 valence electrons. The zero-order chi connectivity index (χ0) is 24.4. The van der Waals surface area contributed by atoms with E-state index in [0.717, 1.165) is 16.3 Å². The van der Waals surface area contributed by atoms with Crippen LogP contribution in [0.1, 0.15) is 42.3 Å². The molecule has 1 aliphatic rings. The van der Waals surface area contributed by atoms with Crippen molar-refractivity contribution in [2.45, 2.75) is 13.1 Å². The Morgan fingerprint density at radius 2 is 1.83 bits per heavy atom. The number of carbonyl (C=O) groups excluding carboxylic acids is 3. The number of aromatic nitrogens is 2. The number of rotatable bonds is 7. The van der Waals surface area contributed by atoms with Crippen LogP contribution < -0.4 is 10.1 Å². The number of benzene rings is 2. The molecule has 0 saturated heterocycles. The summed E-state index contributed by atoms with van der Waals surface area (Å²) in [6.07, 6.45) is 1.70. The molecule has 8 nitrogen and oxygen atoms in total. The van der Waals surface area contributed by atoms with Crippen LogP contribution in [0.15, 0.2) is 72.2 Å². The lowest BCUT2D eigenvalue weighted by atomic mass is 10.1. The first kappa shape index (κ1) is 22.4. The Hall–Kier alpha value is -4.37. The Morgan fingerprint density at radius 3 is 2.57 bits per heavy atom. The summed E-state index contributed by atoms with van der Waals surface area (Å²) in [5, 5.41) is 5.46. The summed E-state index contributed by atoms with van der Waals surface area (Å²) in [6, 6.07) is 17.3. The van der Waals surface area contributed by atoms with Gasteiger partial charge in [0.25, 0.3) is 17.7 Å². The number of nitrogens with one attached hydrogen (secondary N) is 1. The van der Waals surface area contributed by atoms with Gasteiger partial charge >= 0.3 is 0 Å². The van der Waals surface area contributed by atoms with Crippen molar-refractivity contribution < 1.29 is 19.1 Å². The number of ether oxygens (including phenoxy) is 1. The standard InChI is InChI=1S/C26H20N4O4S/c1-34-19-8-5-16(6-9-19)14-30-25(32)20-10-7-17(12-21(20)26(30)33)23(31)28-13-18-15-35-24(29-18)22-4-2-3-11-27-22/h2-12,15H,13-14H2,1H3,(H,28,31). The maximum absolute atomic E-state index is 13.0. The van der Waals surface area contributed by atoms with Crippen molar-refractivity contribution in [1.82, 2.24) is 20.2 Å². The highest BCUT2D eigenvalue weighted by atomic mass is 32.1. The van der Waals surface area contributed by atoms with Crippen molar-refractivity contribution in [2.75, 3.05) is 7.11 Å². The van der Waals surface area contributed by atoms with Crippen molar-refractivity contribution in [1.29, 1.82) is 0 Å². The molecule has 1 N–H and O–H groups in total. The molecule has 0 aliphatic carbocycles. The lowest BCUT2D eigenvalue weighted by Crippen LogP contribution is -2.29. The van der Waals surface area contributed by atoms with Crippen LogP contribution in [0.25, 0.3) is 10.7 Å². The third-order valence-corrected chi connectivity index (χ3v) is 6.51. The summed E-state index contributed by atoms with van der Waals surface area (Å²) in [5.41, 5.74) is 3.10. The van der Waals surface area contributed by atoms with Crippen LogP contribution in [0, 0.1) is 0 Å². The number of fused-ring (bicyclic) bond motifs is 1. The molecule has 9 heteroatoms. The fraction of sp³-hybridized carbons (Fsp3) is 0.115. The van der Waals surface area contributed by atoms with Crippen molar-refractivity contribution in [3.63, 3.8) is 0 Å². The van der Waals surface area contributed by atoms with Crippen LogP contribution in [-0.2, 0) is 13.1 Å². The number of imide groups is 1. The monoisotopic (exact) mass is 484 g/mol. The van der Waals surface area contributed by atoms with Gasteiger partial charge in [0.05, 0.1) is 42.7 Å². The highest BCUT2D eigenvalue weighted by molar-refractivity contribution is 7.13. The van der Waals surface area contributed by atoms with E-state index in [1.807, 2.05) is 23.6 Å². The first-order valence-corrected chi connectivity index (χ1v) is 11.7. The van der Waals surface area contributed by atoms with Gasteiger partial charge in [-0.15, -0.1) is 11.3 Å². The molecule has 0 atom stereocenters. The minimum absolute atomic E-state index is 0.139. The van der Waals surface area contributed by atoms with Gasteiger partial charge in [0, 0.05) is 17.1 Å². The lowest BCUT2D eigenvalue weighted by Gasteiger charge is -2.14. The highest BCUT2D eigenvalue weighted by Crippen LogP contribution is 2.26. The Balaban J connectivity index is 1.26. The fourth-order valence-electron chi connectivity index (χ4n) is 3.76. The van der Waals surface area contributed by atoms with E-state index in [2.05, 4.69) is 15.3 Å². The normalized spacial score (nSPS) is 12.5. The first-order chi connectivity index (χ1) is 17.0. The molecule has 0 unspecified atom stereocenters. The number of methoxy groups -OCH3 is 1. The Morgan fingerprint density at radius 1 is 1.03 bits per heavy atom. The predicted molar refractivity (Wildman–Crippen MR) is 130 cm³/mol. The first-order valence-electron chi connectivity index (χ1n) is 10.8. The van der Waals surface area contributed by atoms with Crippen LogP contribution in [-0.4, -0.2) is 39.7 Å². The fourth-order valence-corrected chi connectivity index (χ4v) is 4.55. The van der Waals surface area contributed by atoms with Gasteiger partial charge in [-0.25, -0.2) is 4.98 Å². The third-order valence-electron chi connectivity index (χ3n) is 5.60. The summed E-state index contributed by atoms with van der Waals surface area (Å²) in [5.74, 6) is -0.460. The maximum atomic E-state index is 13.0. The average Bonchev–Trinajstić information content (AvgIpc) is 3.47. The Kier molecular flexibility index (Phi) is 6.07. The van der Waals surface area contributed by atoms with Crippen molar-refractivity contribution >= 4 is 29.1 Å². The van der Waals surface area contributed by atoms with Crippen LogP contribution in [0.5, 0.6) is 5.75 Å². The molecule has 0 spiro atoms. The van der Waals surface area contributed by atoms with Gasteiger partial charge in [0.2, 0.25) is 0 Å². The number of amides is 3. The number of nitrogens with zero attached hydrogens (tertiary/aromatic N) is 3. The molecule has 0 bridgehead atoms. The largest absolute Gasteiger partial charge is 0.497 e. The summed E-state index contributed by atoms with van der Waals surface area (Å²) in [7, 11) is 1.57. The van der Waals surface area contributed by atoms with E-state index >= 15 is 0 Å². The topological polar surface area (TPSA) is 101 Å². The highest BCUT2D eigenvalue weighted by Gasteiger charge is 2.36. The average molecular weight is 485 g/mol. The molecule has 0 saturated carbocycles. The maximum Gasteiger partial charge on any atom is 0.261 e. The quantitative estimate of drug-likeness (QED) is 0.399. The predicted octanol–water partition coefficient (Wildman–Crippen LogP) is 3.94. The van der Waals surface area contributed by atoms with E-state index < -0.39 is 5.91 Å². The Bertz CT molecular complexity index is 1420. The van der Waals surface area contributed by atoms with E-state index in [1.165, 1.54) is 28.4 Å². The molecule has 2 aromatic heterocycles. The summed E-state index contributed by atoms with van der Waals surface area (Å²) in [4.78, 5) is 48.5. The number of hydrogen-bond donors (Lipinski definition) is 1. The second kappa shape index (κ2) is 9.47. The number of carbonyl (C=O) groups is 3. The van der Waals surface area contributed by atoms with Crippen molar-refractivity contribution in [3.8, 4) is 16.5 Å². The molecule has 4 aromatic rings. The van der Waals surface area contributed by atoms with Gasteiger partial charge in [-0.2, -0.15) is 0 Å².